The van der Waals surface area contributed by atoms with E-state index in [-0.39, 0.29) is 6.04 Å². The fourth-order valence-corrected chi connectivity index (χ4v) is 5.35. The standard InChI is InChI=1S/C22H29N3O4S/c1-6-22(24-12-13(2)25-20(28)29-21(3,4)5)17-14-8-7-11-23-15(14)9-10-16(17)30-18(22)19(26)27/h7-11,13,18,24H,6,12H2,1-5H3,(H,25,28)(H,26,27). The molecule has 8 heteroatoms. The third-order valence-corrected chi connectivity index (χ3v) is 6.59. The number of fused-ring (bicyclic) bond motifs is 3. The monoisotopic (exact) mass is 431 g/mol. The molecular weight excluding hydrogens is 402 g/mol. The Bertz CT molecular complexity index is 959. The number of carboxylic acids is 1. The summed E-state index contributed by atoms with van der Waals surface area (Å²) in [4.78, 5) is 29.7. The highest BCUT2D eigenvalue weighted by molar-refractivity contribution is 8.01. The number of aromatic nitrogens is 1. The molecule has 1 aliphatic heterocycles. The van der Waals surface area contributed by atoms with E-state index in [2.05, 4.69) is 15.6 Å². The maximum absolute atomic E-state index is 12.2. The van der Waals surface area contributed by atoms with Crippen LogP contribution in [0.2, 0.25) is 0 Å². The molecule has 1 aromatic heterocycles. The molecule has 1 aliphatic rings. The van der Waals surface area contributed by atoms with Gasteiger partial charge < -0.3 is 20.5 Å². The fraction of sp³-hybridized carbons (Fsp3) is 0.500. The number of ether oxygens (including phenoxy) is 1. The minimum atomic E-state index is -0.865. The first-order valence-electron chi connectivity index (χ1n) is 10.1. The molecule has 0 radical (unpaired) electrons. The van der Waals surface area contributed by atoms with E-state index in [1.54, 1.807) is 6.20 Å². The molecule has 3 unspecified atom stereocenters. The molecule has 0 spiro atoms. The second-order valence-electron chi connectivity index (χ2n) is 8.60. The summed E-state index contributed by atoms with van der Waals surface area (Å²) in [6, 6.07) is 7.49. The number of rotatable bonds is 6. The molecule has 0 saturated carbocycles. The number of carbonyl (C=O) groups is 2. The lowest BCUT2D eigenvalue weighted by Crippen LogP contribution is -2.54. The van der Waals surface area contributed by atoms with Gasteiger partial charge in [0.1, 0.15) is 10.9 Å². The van der Waals surface area contributed by atoms with Gasteiger partial charge in [-0.05, 0) is 57.9 Å². The summed E-state index contributed by atoms with van der Waals surface area (Å²) in [6.45, 7) is 9.68. The summed E-state index contributed by atoms with van der Waals surface area (Å²) >= 11 is 1.36. The van der Waals surface area contributed by atoms with Crippen molar-refractivity contribution in [2.75, 3.05) is 6.54 Å². The summed E-state index contributed by atoms with van der Waals surface area (Å²) in [6.07, 6.45) is 1.82. The lowest BCUT2D eigenvalue weighted by Gasteiger charge is -2.36. The summed E-state index contributed by atoms with van der Waals surface area (Å²) in [5.41, 5.74) is 0.446. The number of carbonyl (C=O) groups excluding carboxylic acids is 1. The fourth-order valence-electron chi connectivity index (χ4n) is 3.87. The number of hydrogen-bond donors (Lipinski definition) is 3. The van der Waals surface area contributed by atoms with E-state index in [0.29, 0.717) is 13.0 Å². The molecule has 0 fully saturated rings. The number of nitrogens with zero attached hydrogens (tertiary/aromatic N) is 1. The van der Waals surface area contributed by atoms with Gasteiger partial charge in [-0.15, -0.1) is 11.8 Å². The molecule has 0 saturated heterocycles. The highest BCUT2D eigenvalue weighted by Crippen LogP contribution is 2.52. The Labute approximate surface area is 181 Å². The van der Waals surface area contributed by atoms with Gasteiger partial charge in [-0.2, -0.15) is 0 Å². The van der Waals surface area contributed by atoms with Crippen molar-refractivity contribution in [1.82, 2.24) is 15.6 Å². The smallest absolute Gasteiger partial charge is 0.407 e. The molecule has 0 bridgehead atoms. The van der Waals surface area contributed by atoms with Crippen molar-refractivity contribution >= 4 is 34.7 Å². The van der Waals surface area contributed by atoms with Gasteiger partial charge in [-0.25, -0.2) is 4.79 Å². The van der Waals surface area contributed by atoms with E-state index in [1.165, 1.54) is 11.8 Å². The second kappa shape index (κ2) is 8.43. The predicted octanol–water partition coefficient (Wildman–Crippen LogP) is 3.90. The Morgan fingerprint density at radius 1 is 1.33 bits per heavy atom. The average Bonchev–Trinajstić information content (AvgIpc) is 3.00. The van der Waals surface area contributed by atoms with Gasteiger partial charge >= 0.3 is 12.1 Å². The van der Waals surface area contributed by atoms with Gasteiger partial charge in [0.05, 0.1) is 11.1 Å². The van der Waals surface area contributed by atoms with Crippen molar-refractivity contribution in [3.63, 3.8) is 0 Å². The van der Waals surface area contributed by atoms with Gasteiger partial charge in [-0.3, -0.25) is 9.78 Å². The summed E-state index contributed by atoms with van der Waals surface area (Å²) in [7, 11) is 0. The lowest BCUT2D eigenvalue weighted by molar-refractivity contribution is -0.138. The van der Waals surface area contributed by atoms with Crippen molar-refractivity contribution in [2.45, 2.75) is 68.4 Å². The Hall–Kier alpha value is -2.32. The van der Waals surface area contributed by atoms with Gasteiger partial charge in [-0.1, -0.05) is 13.0 Å². The number of benzene rings is 1. The van der Waals surface area contributed by atoms with Gasteiger partial charge in [0, 0.05) is 29.1 Å². The van der Waals surface area contributed by atoms with Gasteiger partial charge in [0.25, 0.3) is 0 Å². The van der Waals surface area contributed by atoms with Crippen LogP contribution in [0.25, 0.3) is 10.9 Å². The van der Waals surface area contributed by atoms with Crippen LogP contribution in [-0.4, -0.2) is 45.6 Å². The van der Waals surface area contributed by atoms with Crippen molar-refractivity contribution in [3.05, 3.63) is 36.0 Å². The molecule has 7 nitrogen and oxygen atoms in total. The molecule has 2 heterocycles. The Morgan fingerprint density at radius 3 is 2.70 bits per heavy atom. The Kier molecular flexibility index (Phi) is 6.29. The quantitative estimate of drug-likeness (QED) is 0.638. The summed E-state index contributed by atoms with van der Waals surface area (Å²) < 4.78 is 5.32. The van der Waals surface area contributed by atoms with Gasteiger partial charge in [0.15, 0.2) is 0 Å². The van der Waals surface area contributed by atoms with Crippen molar-refractivity contribution in [3.8, 4) is 0 Å². The Balaban J connectivity index is 1.90. The van der Waals surface area contributed by atoms with Crippen LogP contribution < -0.4 is 10.6 Å². The van der Waals surface area contributed by atoms with E-state index in [9.17, 15) is 14.7 Å². The maximum Gasteiger partial charge on any atom is 0.407 e. The third-order valence-electron chi connectivity index (χ3n) is 5.15. The van der Waals surface area contributed by atoms with Crippen LogP contribution in [0.15, 0.2) is 35.4 Å². The van der Waals surface area contributed by atoms with Crippen LogP contribution in [0.1, 0.15) is 46.6 Å². The summed E-state index contributed by atoms with van der Waals surface area (Å²) in [5.74, 6) is -0.865. The number of alkyl carbamates (subject to hydrolysis) is 1. The summed E-state index contributed by atoms with van der Waals surface area (Å²) in [5, 5.41) is 16.6. The molecule has 162 valence electrons. The molecule has 1 amide bonds. The normalized spacial score (nSPS) is 21.8. The first-order valence-corrected chi connectivity index (χ1v) is 11.0. The molecule has 2 aromatic rings. The first kappa shape index (κ1) is 22.4. The van der Waals surface area contributed by atoms with Crippen LogP contribution in [0.4, 0.5) is 4.79 Å². The molecule has 3 rings (SSSR count). The number of amides is 1. The number of hydrogen-bond acceptors (Lipinski definition) is 6. The molecule has 1 aromatic carbocycles. The van der Waals surface area contributed by atoms with Crippen molar-refractivity contribution in [1.29, 1.82) is 0 Å². The highest BCUT2D eigenvalue weighted by atomic mass is 32.2. The zero-order chi connectivity index (χ0) is 22.1. The van der Waals surface area contributed by atoms with E-state index in [0.717, 1.165) is 21.4 Å². The SMILES string of the molecule is CCC1(NCC(C)NC(=O)OC(C)(C)C)c2c(ccc3ncccc23)SC1C(=O)O. The van der Waals surface area contributed by atoms with E-state index < -0.39 is 28.5 Å². The van der Waals surface area contributed by atoms with Crippen molar-refractivity contribution in [2.24, 2.45) is 0 Å². The number of pyridine rings is 1. The van der Waals surface area contributed by atoms with E-state index in [1.807, 2.05) is 58.9 Å². The highest BCUT2D eigenvalue weighted by Gasteiger charge is 2.51. The molecule has 3 N–H and O–H groups in total. The lowest BCUT2D eigenvalue weighted by atomic mass is 9.81. The van der Waals surface area contributed by atoms with E-state index in [4.69, 9.17) is 4.74 Å². The molecule has 30 heavy (non-hydrogen) atoms. The number of aliphatic carboxylic acids is 1. The number of carboxylic acid groups (broad SMARTS) is 1. The third kappa shape index (κ3) is 4.39. The maximum atomic E-state index is 12.2. The molecule has 0 aliphatic carbocycles. The minimum Gasteiger partial charge on any atom is -0.480 e. The second-order valence-corrected chi connectivity index (χ2v) is 9.74. The zero-order valence-electron chi connectivity index (χ0n) is 18.0. The zero-order valence-corrected chi connectivity index (χ0v) is 18.8. The minimum absolute atomic E-state index is 0.250. The van der Waals surface area contributed by atoms with E-state index >= 15 is 0 Å². The average molecular weight is 432 g/mol. The Morgan fingerprint density at radius 2 is 2.07 bits per heavy atom. The van der Waals surface area contributed by atoms with Crippen LogP contribution in [-0.2, 0) is 15.1 Å². The predicted molar refractivity (Wildman–Crippen MR) is 118 cm³/mol. The van der Waals surface area contributed by atoms with Crippen molar-refractivity contribution < 1.29 is 19.4 Å². The van der Waals surface area contributed by atoms with Crippen LogP contribution >= 0.6 is 11.8 Å². The number of nitrogens with one attached hydrogen (secondary N) is 2. The van der Waals surface area contributed by atoms with Crippen LogP contribution in [0, 0.1) is 0 Å². The molecule has 3 atom stereocenters. The van der Waals surface area contributed by atoms with Gasteiger partial charge in [0.2, 0.25) is 0 Å². The van der Waals surface area contributed by atoms with Crippen LogP contribution in [0.5, 0.6) is 0 Å². The number of thioether (sulfide) groups is 1. The topological polar surface area (TPSA) is 101 Å². The molecular formula is C22H29N3O4S. The first-order chi connectivity index (χ1) is 14.1. The largest absolute Gasteiger partial charge is 0.480 e. The van der Waals surface area contributed by atoms with Crippen LogP contribution in [0.3, 0.4) is 0 Å².